The minimum absolute atomic E-state index is 0.375. The van der Waals surface area contributed by atoms with Crippen LogP contribution in [0.25, 0.3) is 0 Å². The van der Waals surface area contributed by atoms with Gasteiger partial charge < -0.3 is 11.1 Å². The number of nitrogens with two attached hydrogens (primary N) is 1. The Balaban J connectivity index is 1.55. The van der Waals surface area contributed by atoms with Crippen LogP contribution in [0.2, 0.25) is 0 Å². The number of nitrogens with one attached hydrogen (secondary N) is 1. The van der Waals surface area contributed by atoms with E-state index in [1.54, 1.807) is 0 Å². The molecule has 2 aliphatic carbocycles. The summed E-state index contributed by atoms with van der Waals surface area (Å²) in [5.41, 5.74) is 6.52. The summed E-state index contributed by atoms with van der Waals surface area (Å²) in [7, 11) is 0. The molecule has 2 aliphatic rings. The lowest BCUT2D eigenvalue weighted by Crippen LogP contribution is -2.42. The predicted molar refractivity (Wildman–Crippen MR) is 64.8 cm³/mol. The molecule has 0 bridgehead atoms. The molecule has 2 saturated carbocycles. The molecule has 15 heavy (non-hydrogen) atoms. The van der Waals surface area contributed by atoms with Crippen LogP contribution < -0.4 is 11.1 Å². The zero-order valence-electron chi connectivity index (χ0n) is 10.1. The molecule has 2 unspecified atom stereocenters. The van der Waals surface area contributed by atoms with E-state index in [1.165, 1.54) is 51.5 Å². The third-order valence-corrected chi connectivity index (χ3v) is 4.35. The largest absolute Gasteiger partial charge is 0.327 e. The van der Waals surface area contributed by atoms with Crippen LogP contribution in [0.15, 0.2) is 0 Å². The molecule has 0 aromatic rings. The van der Waals surface area contributed by atoms with E-state index in [0.717, 1.165) is 12.5 Å². The van der Waals surface area contributed by atoms with E-state index in [-0.39, 0.29) is 0 Å². The summed E-state index contributed by atoms with van der Waals surface area (Å²) in [6.07, 6.45) is 9.63. The Labute approximate surface area is 94.0 Å². The molecule has 88 valence electrons. The van der Waals surface area contributed by atoms with Crippen molar-refractivity contribution in [3.8, 4) is 0 Å². The lowest BCUT2D eigenvalue weighted by molar-refractivity contribution is 0.277. The van der Waals surface area contributed by atoms with E-state index < -0.39 is 0 Å². The van der Waals surface area contributed by atoms with Gasteiger partial charge in [0.2, 0.25) is 0 Å². The van der Waals surface area contributed by atoms with E-state index in [2.05, 4.69) is 12.2 Å². The van der Waals surface area contributed by atoms with E-state index in [4.69, 9.17) is 5.73 Å². The topological polar surface area (TPSA) is 38.0 Å². The summed E-state index contributed by atoms with van der Waals surface area (Å²) < 4.78 is 0. The van der Waals surface area contributed by atoms with Crippen molar-refractivity contribution in [2.75, 3.05) is 13.1 Å². The van der Waals surface area contributed by atoms with Gasteiger partial charge in [-0.15, -0.1) is 0 Å². The first-order valence-electron chi connectivity index (χ1n) is 6.67. The summed E-state index contributed by atoms with van der Waals surface area (Å²) >= 11 is 0. The molecule has 2 heteroatoms. The molecule has 0 aromatic heterocycles. The van der Waals surface area contributed by atoms with Gasteiger partial charge in [-0.3, -0.25) is 0 Å². The van der Waals surface area contributed by atoms with Crippen LogP contribution in [-0.2, 0) is 0 Å². The fraction of sp³-hybridized carbons (Fsp3) is 1.00. The maximum absolute atomic E-state index is 6.15. The highest BCUT2D eigenvalue weighted by Crippen LogP contribution is 2.36. The van der Waals surface area contributed by atoms with Crippen molar-refractivity contribution in [2.24, 2.45) is 17.1 Å². The maximum atomic E-state index is 6.15. The molecule has 3 N–H and O–H groups in total. The smallest absolute Gasteiger partial charge is 0.0105 e. The zero-order chi connectivity index (χ0) is 10.7. The van der Waals surface area contributed by atoms with Gasteiger partial charge in [0.25, 0.3) is 0 Å². The normalized spacial score (nSPS) is 36.0. The van der Waals surface area contributed by atoms with Crippen LogP contribution in [0.1, 0.15) is 51.9 Å². The van der Waals surface area contributed by atoms with Gasteiger partial charge in [-0.2, -0.15) is 0 Å². The first-order valence-corrected chi connectivity index (χ1v) is 6.67. The Morgan fingerprint density at radius 2 is 2.13 bits per heavy atom. The van der Waals surface area contributed by atoms with Crippen molar-refractivity contribution in [1.82, 2.24) is 5.32 Å². The second kappa shape index (κ2) is 4.84. The third-order valence-electron chi connectivity index (χ3n) is 4.35. The minimum atomic E-state index is 0.375. The molecular weight excluding hydrogens is 184 g/mol. The van der Waals surface area contributed by atoms with Crippen molar-refractivity contribution < 1.29 is 0 Å². The molecule has 0 spiro atoms. The van der Waals surface area contributed by atoms with E-state index >= 15 is 0 Å². The fourth-order valence-corrected chi connectivity index (χ4v) is 2.78. The van der Waals surface area contributed by atoms with Crippen molar-refractivity contribution in [2.45, 2.75) is 57.9 Å². The Bertz CT molecular complexity index is 201. The van der Waals surface area contributed by atoms with Gasteiger partial charge in [0.15, 0.2) is 0 Å². The molecule has 0 amide bonds. The van der Waals surface area contributed by atoms with Crippen LogP contribution in [-0.4, -0.2) is 19.1 Å². The standard InChI is InChI=1S/C13H26N2/c1-13(8-2-5-12(13)14)10-15-9-3-4-11-6-7-11/h11-12,15H,2-10,14H2,1H3. The summed E-state index contributed by atoms with van der Waals surface area (Å²) in [6.45, 7) is 4.66. The molecule has 0 aliphatic heterocycles. The average molecular weight is 210 g/mol. The Kier molecular flexibility index (Phi) is 3.68. The van der Waals surface area contributed by atoms with Crippen LogP contribution in [0, 0.1) is 11.3 Å². The summed E-state index contributed by atoms with van der Waals surface area (Å²) in [6, 6.07) is 0.424. The molecule has 2 fully saturated rings. The Hall–Kier alpha value is -0.0800. The van der Waals surface area contributed by atoms with E-state index in [0.29, 0.717) is 11.5 Å². The first-order chi connectivity index (χ1) is 7.21. The molecule has 0 heterocycles. The average Bonchev–Trinajstić information content (AvgIpc) is 2.95. The SMILES string of the molecule is CC1(CNCCCC2CC2)CCCC1N. The van der Waals surface area contributed by atoms with Crippen molar-refractivity contribution >= 4 is 0 Å². The second-order valence-corrected chi connectivity index (χ2v) is 5.92. The van der Waals surface area contributed by atoms with Crippen LogP contribution in [0.5, 0.6) is 0 Å². The molecule has 0 radical (unpaired) electrons. The van der Waals surface area contributed by atoms with Gasteiger partial charge in [0.05, 0.1) is 0 Å². The highest BCUT2D eigenvalue weighted by Gasteiger charge is 2.35. The minimum Gasteiger partial charge on any atom is -0.327 e. The Morgan fingerprint density at radius 3 is 2.73 bits per heavy atom. The summed E-state index contributed by atoms with van der Waals surface area (Å²) in [4.78, 5) is 0. The second-order valence-electron chi connectivity index (χ2n) is 5.92. The zero-order valence-corrected chi connectivity index (χ0v) is 10.1. The Morgan fingerprint density at radius 1 is 1.33 bits per heavy atom. The molecule has 2 rings (SSSR count). The van der Waals surface area contributed by atoms with Gasteiger partial charge in [0.1, 0.15) is 0 Å². The third kappa shape index (κ3) is 3.18. The fourth-order valence-electron chi connectivity index (χ4n) is 2.78. The van der Waals surface area contributed by atoms with Crippen molar-refractivity contribution in [3.05, 3.63) is 0 Å². The maximum Gasteiger partial charge on any atom is 0.0105 e. The van der Waals surface area contributed by atoms with Crippen LogP contribution >= 0.6 is 0 Å². The van der Waals surface area contributed by atoms with Crippen molar-refractivity contribution in [3.63, 3.8) is 0 Å². The van der Waals surface area contributed by atoms with E-state index in [1.807, 2.05) is 0 Å². The number of hydrogen-bond acceptors (Lipinski definition) is 2. The number of rotatable bonds is 6. The van der Waals surface area contributed by atoms with Crippen LogP contribution in [0.3, 0.4) is 0 Å². The monoisotopic (exact) mass is 210 g/mol. The molecule has 2 atom stereocenters. The lowest BCUT2D eigenvalue weighted by atomic mass is 9.85. The first kappa shape index (κ1) is 11.4. The van der Waals surface area contributed by atoms with Gasteiger partial charge >= 0.3 is 0 Å². The molecular formula is C13H26N2. The lowest BCUT2D eigenvalue weighted by Gasteiger charge is -2.29. The van der Waals surface area contributed by atoms with Crippen molar-refractivity contribution in [1.29, 1.82) is 0 Å². The highest BCUT2D eigenvalue weighted by molar-refractivity contribution is 4.92. The molecule has 0 aromatic carbocycles. The summed E-state index contributed by atoms with van der Waals surface area (Å²) in [5.74, 6) is 1.08. The van der Waals surface area contributed by atoms with Gasteiger partial charge in [-0.05, 0) is 43.6 Å². The van der Waals surface area contributed by atoms with E-state index in [9.17, 15) is 0 Å². The number of hydrogen-bond donors (Lipinski definition) is 2. The van der Waals surface area contributed by atoms with Gasteiger partial charge in [-0.25, -0.2) is 0 Å². The summed E-state index contributed by atoms with van der Waals surface area (Å²) in [5, 5.41) is 3.60. The van der Waals surface area contributed by atoms with Gasteiger partial charge in [-0.1, -0.05) is 26.2 Å². The van der Waals surface area contributed by atoms with Gasteiger partial charge in [0, 0.05) is 12.6 Å². The quantitative estimate of drug-likeness (QED) is 0.660. The highest BCUT2D eigenvalue weighted by atomic mass is 14.9. The predicted octanol–water partition coefficient (Wildman–Crippen LogP) is 2.28. The molecule has 0 saturated heterocycles. The molecule has 2 nitrogen and oxygen atoms in total. The van der Waals surface area contributed by atoms with Crippen LogP contribution in [0.4, 0.5) is 0 Å².